The Kier molecular flexibility index (Phi) is 8.09. The van der Waals surface area contributed by atoms with Crippen molar-refractivity contribution in [3.8, 4) is 0 Å². The minimum atomic E-state index is -2.60. The summed E-state index contributed by atoms with van der Waals surface area (Å²) in [5.74, 6) is 0. The minimum absolute atomic E-state index is 0.378. The topological polar surface area (TPSA) is 98.7 Å². The van der Waals surface area contributed by atoms with E-state index in [4.69, 9.17) is 13.3 Å². The molecule has 0 aromatic carbocycles. The van der Waals surface area contributed by atoms with Gasteiger partial charge in [-0.05, 0) is 6.42 Å². The molecule has 0 aliphatic heterocycles. The average molecular weight is 266 g/mol. The molecule has 0 saturated heterocycles. The molecule has 0 saturated carbocycles. The van der Waals surface area contributed by atoms with Gasteiger partial charge in [0.05, 0.1) is 13.1 Å². The number of rotatable bonds is 9. The standard InChI is InChI=1S/C9H22N2O5Si/c1-14-17(15-2,16-3)8-4-6-11(7-5-10)9(12)13/h4-8,10H2,1-3H3,(H,12,13). The Balaban J connectivity index is 4.13. The van der Waals surface area contributed by atoms with Crippen LogP contribution in [0.4, 0.5) is 4.79 Å². The number of carboxylic acid groups (broad SMARTS) is 1. The average Bonchev–Trinajstić information content (AvgIpc) is 2.34. The smallest absolute Gasteiger partial charge is 0.500 e. The van der Waals surface area contributed by atoms with E-state index in [1.165, 1.54) is 26.2 Å². The van der Waals surface area contributed by atoms with Crippen LogP contribution >= 0.6 is 0 Å². The molecule has 1 amide bonds. The highest BCUT2D eigenvalue weighted by atomic mass is 28.4. The van der Waals surface area contributed by atoms with E-state index in [0.29, 0.717) is 32.1 Å². The largest absolute Gasteiger partial charge is 0.530 e. The number of nitrogens with zero attached hydrogens (tertiary/aromatic N) is 1. The lowest BCUT2D eigenvalue weighted by Gasteiger charge is -2.27. The van der Waals surface area contributed by atoms with Crippen molar-refractivity contribution in [3.63, 3.8) is 0 Å². The third-order valence-electron chi connectivity index (χ3n) is 2.53. The van der Waals surface area contributed by atoms with Gasteiger partial charge in [0.2, 0.25) is 0 Å². The van der Waals surface area contributed by atoms with Gasteiger partial charge in [-0.15, -0.1) is 0 Å². The van der Waals surface area contributed by atoms with E-state index >= 15 is 0 Å². The summed E-state index contributed by atoms with van der Waals surface area (Å²) in [6.45, 7) is 1.28. The molecule has 0 radical (unpaired) electrons. The second kappa shape index (κ2) is 8.42. The van der Waals surface area contributed by atoms with Crippen LogP contribution in [0.1, 0.15) is 6.42 Å². The van der Waals surface area contributed by atoms with Crippen LogP contribution in [0.2, 0.25) is 6.04 Å². The lowest BCUT2D eigenvalue weighted by Crippen LogP contribution is -2.57. The molecule has 0 fully saturated rings. The number of amides is 1. The van der Waals surface area contributed by atoms with Gasteiger partial charge in [0.15, 0.2) is 0 Å². The van der Waals surface area contributed by atoms with Crippen LogP contribution in [0.3, 0.4) is 0 Å². The summed E-state index contributed by atoms with van der Waals surface area (Å²) in [5.41, 5.74) is 3.62. The molecule has 8 heteroatoms. The zero-order valence-electron chi connectivity index (χ0n) is 10.7. The molecule has 0 aromatic rings. The van der Waals surface area contributed by atoms with Crippen molar-refractivity contribution in [2.45, 2.75) is 12.5 Å². The van der Waals surface area contributed by atoms with Gasteiger partial charge in [-0.1, -0.05) is 0 Å². The fourth-order valence-electron chi connectivity index (χ4n) is 1.53. The van der Waals surface area contributed by atoms with Crippen LogP contribution in [0.5, 0.6) is 0 Å². The monoisotopic (exact) mass is 266 g/mol. The summed E-state index contributed by atoms with van der Waals surface area (Å²) in [6, 6.07) is 0.567. The fourth-order valence-corrected chi connectivity index (χ4v) is 3.23. The summed E-state index contributed by atoms with van der Waals surface area (Å²) in [7, 11) is 2.00. The highest BCUT2D eigenvalue weighted by Crippen LogP contribution is 2.15. The maximum Gasteiger partial charge on any atom is 0.500 e. The van der Waals surface area contributed by atoms with Crippen molar-refractivity contribution in [2.24, 2.45) is 0 Å². The zero-order chi connectivity index (χ0) is 13.3. The van der Waals surface area contributed by atoms with Crippen molar-refractivity contribution in [1.29, 1.82) is 0 Å². The minimum Gasteiger partial charge on any atom is -0.530 e. The molecule has 0 unspecified atom stereocenters. The number of carbonyl (C=O) groups excluding carboxylic acids is 1. The van der Waals surface area contributed by atoms with Crippen LogP contribution in [-0.4, -0.2) is 60.8 Å². The molecule has 0 heterocycles. The van der Waals surface area contributed by atoms with Crippen LogP contribution in [0.25, 0.3) is 0 Å². The molecule has 0 bridgehead atoms. The molecule has 0 aliphatic carbocycles. The fraction of sp³-hybridized carbons (Fsp3) is 0.889. The number of quaternary nitrogens is 1. The van der Waals surface area contributed by atoms with Crippen molar-refractivity contribution in [1.82, 2.24) is 4.90 Å². The van der Waals surface area contributed by atoms with E-state index in [0.717, 1.165) is 0 Å². The first kappa shape index (κ1) is 16.3. The Morgan fingerprint density at radius 2 is 1.76 bits per heavy atom. The highest BCUT2D eigenvalue weighted by Gasteiger charge is 2.37. The van der Waals surface area contributed by atoms with E-state index in [1.54, 1.807) is 0 Å². The van der Waals surface area contributed by atoms with Gasteiger partial charge in [-0.2, -0.15) is 0 Å². The van der Waals surface area contributed by atoms with Crippen molar-refractivity contribution in [2.75, 3.05) is 41.0 Å². The molecule has 0 rings (SSSR count). The quantitative estimate of drug-likeness (QED) is 0.494. The van der Waals surface area contributed by atoms with Gasteiger partial charge in [0, 0.05) is 33.9 Å². The van der Waals surface area contributed by atoms with E-state index in [1.807, 2.05) is 0 Å². The molecule has 17 heavy (non-hydrogen) atoms. The maximum atomic E-state index is 10.8. The molecule has 0 aromatic heterocycles. The zero-order valence-corrected chi connectivity index (χ0v) is 11.7. The molecule has 7 nitrogen and oxygen atoms in total. The Bertz CT molecular complexity index is 217. The van der Waals surface area contributed by atoms with Crippen molar-refractivity contribution >= 4 is 14.9 Å². The third-order valence-corrected chi connectivity index (χ3v) is 5.36. The van der Waals surface area contributed by atoms with E-state index in [2.05, 4.69) is 5.73 Å². The SMILES string of the molecule is CO[Si](CCCN(CC[NH3+])C(=O)[O-])(OC)OC. The van der Waals surface area contributed by atoms with Crippen LogP contribution in [-0.2, 0) is 13.3 Å². The van der Waals surface area contributed by atoms with Gasteiger partial charge < -0.3 is 33.8 Å². The second-order valence-electron chi connectivity index (χ2n) is 3.51. The number of carbonyl (C=O) groups is 1. The van der Waals surface area contributed by atoms with Gasteiger partial charge in [-0.3, -0.25) is 0 Å². The Morgan fingerprint density at radius 1 is 1.24 bits per heavy atom. The summed E-state index contributed by atoms with van der Waals surface area (Å²) >= 11 is 0. The van der Waals surface area contributed by atoms with E-state index in [9.17, 15) is 9.90 Å². The normalized spacial score (nSPS) is 11.5. The van der Waals surface area contributed by atoms with Crippen molar-refractivity contribution < 1.29 is 28.9 Å². The highest BCUT2D eigenvalue weighted by molar-refractivity contribution is 6.60. The molecule has 0 aliphatic rings. The van der Waals surface area contributed by atoms with Crippen LogP contribution < -0.4 is 10.8 Å². The lowest BCUT2D eigenvalue weighted by atomic mass is 10.4. The summed E-state index contributed by atoms with van der Waals surface area (Å²) in [6.07, 6.45) is -0.566. The predicted molar refractivity (Wildman–Crippen MR) is 60.9 cm³/mol. The Morgan fingerprint density at radius 3 is 2.12 bits per heavy atom. The predicted octanol–water partition coefficient (Wildman–Crippen LogP) is -1.86. The van der Waals surface area contributed by atoms with Crippen molar-refractivity contribution in [3.05, 3.63) is 0 Å². The molecule has 3 N–H and O–H groups in total. The molecular formula is C9H22N2O5Si. The van der Waals surface area contributed by atoms with Crippen LogP contribution in [0.15, 0.2) is 0 Å². The van der Waals surface area contributed by atoms with E-state index in [-0.39, 0.29) is 0 Å². The van der Waals surface area contributed by atoms with Gasteiger partial charge >= 0.3 is 8.80 Å². The third kappa shape index (κ3) is 5.46. The van der Waals surface area contributed by atoms with Gasteiger partial charge in [0.25, 0.3) is 0 Å². The van der Waals surface area contributed by atoms with Crippen LogP contribution in [0, 0.1) is 0 Å². The first-order valence-electron chi connectivity index (χ1n) is 5.45. The van der Waals surface area contributed by atoms with E-state index < -0.39 is 14.9 Å². The summed E-state index contributed by atoms with van der Waals surface area (Å²) in [4.78, 5) is 12.0. The number of hydrogen-bond donors (Lipinski definition) is 1. The first-order valence-corrected chi connectivity index (χ1v) is 7.39. The maximum absolute atomic E-state index is 10.8. The number of hydrogen-bond acceptors (Lipinski definition) is 5. The molecule has 0 spiro atoms. The summed E-state index contributed by atoms with van der Waals surface area (Å²) < 4.78 is 15.7. The molecular weight excluding hydrogens is 244 g/mol. The Labute approximate surface area is 103 Å². The first-order chi connectivity index (χ1) is 8.05. The molecule has 102 valence electrons. The van der Waals surface area contributed by atoms with Gasteiger partial charge in [0.1, 0.15) is 6.09 Å². The molecule has 0 atom stereocenters. The Hall–Kier alpha value is -0.673. The summed E-state index contributed by atoms with van der Waals surface area (Å²) in [5, 5.41) is 10.8. The van der Waals surface area contributed by atoms with Gasteiger partial charge in [-0.25, -0.2) is 0 Å². The second-order valence-corrected chi connectivity index (χ2v) is 6.60. The lowest BCUT2D eigenvalue weighted by molar-refractivity contribution is -0.370.